The second-order valence-corrected chi connectivity index (χ2v) is 8.06. The molecule has 1 aromatic rings. The molecule has 0 saturated carbocycles. The number of rotatable bonds is 4. The number of fused-ring (bicyclic) bond motifs is 1. The van der Waals surface area contributed by atoms with Gasteiger partial charge in [0.1, 0.15) is 11.9 Å². The average Bonchev–Trinajstić information content (AvgIpc) is 2.67. The van der Waals surface area contributed by atoms with Gasteiger partial charge < -0.3 is 29.4 Å². The highest BCUT2D eigenvalue weighted by molar-refractivity contribution is 5.69. The third-order valence-electron chi connectivity index (χ3n) is 6.40. The number of phenols is 1. The highest BCUT2D eigenvalue weighted by atomic mass is 16.6. The molecule has 0 spiro atoms. The summed E-state index contributed by atoms with van der Waals surface area (Å²) in [6, 6.07) is 3.70. The molecule has 8 heteroatoms. The van der Waals surface area contributed by atoms with Gasteiger partial charge in [-0.05, 0) is 36.6 Å². The standard InChI is InChI=1S/C22H27NO7/c1-11(24)29-16-10-22-7-8-23-14(18(22)21(28-4)20(16)30-12(2)25)9-13-5-6-15(27-3)19(26)17(13)22/h5-6,14,16,20,23,26H,7-10H2,1-4H3/t14-,16+,20+,22-/m1/s1. The van der Waals surface area contributed by atoms with Gasteiger partial charge in [-0.15, -0.1) is 0 Å². The summed E-state index contributed by atoms with van der Waals surface area (Å²) in [6.07, 6.45) is 0.126. The van der Waals surface area contributed by atoms with E-state index in [0.29, 0.717) is 30.8 Å². The Bertz CT molecular complexity index is 924. The molecule has 0 radical (unpaired) electrons. The van der Waals surface area contributed by atoms with Crippen molar-refractivity contribution in [2.24, 2.45) is 0 Å². The van der Waals surface area contributed by atoms with Gasteiger partial charge in [-0.3, -0.25) is 9.59 Å². The van der Waals surface area contributed by atoms with E-state index in [4.69, 9.17) is 18.9 Å². The zero-order valence-corrected chi connectivity index (χ0v) is 17.6. The molecule has 2 aliphatic carbocycles. The van der Waals surface area contributed by atoms with Crippen molar-refractivity contribution >= 4 is 11.9 Å². The van der Waals surface area contributed by atoms with Crippen LogP contribution in [0.4, 0.5) is 0 Å². The number of piperidine rings is 1. The number of benzene rings is 1. The zero-order valence-electron chi connectivity index (χ0n) is 17.6. The second kappa shape index (κ2) is 7.50. The predicted octanol–water partition coefficient (Wildman–Crippen LogP) is 1.72. The molecule has 162 valence electrons. The van der Waals surface area contributed by atoms with E-state index in [1.807, 2.05) is 6.07 Å². The van der Waals surface area contributed by atoms with Gasteiger partial charge in [-0.1, -0.05) is 6.07 Å². The Labute approximate surface area is 175 Å². The van der Waals surface area contributed by atoms with Crippen LogP contribution in [0.1, 0.15) is 37.8 Å². The number of carbonyl (C=O) groups excluding carboxylic acids is 2. The number of phenolic OH excluding ortho intramolecular Hbond substituents is 1. The van der Waals surface area contributed by atoms with E-state index in [1.54, 1.807) is 6.07 Å². The minimum Gasteiger partial charge on any atom is -0.504 e. The van der Waals surface area contributed by atoms with Gasteiger partial charge in [0.2, 0.25) is 0 Å². The van der Waals surface area contributed by atoms with Crippen LogP contribution in [0, 0.1) is 0 Å². The lowest BCUT2D eigenvalue weighted by atomic mass is 9.55. The number of aromatic hydroxyl groups is 1. The fourth-order valence-corrected chi connectivity index (χ4v) is 5.51. The maximum Gasteiger partial charge on any atom is 0.303 e. The molecule has 1 heterocycles. The summed E-state index contributed by atoms with van der Waals surface area (Å²) in [5.41, 5.74) is 2.12. The molecule has 1 saturated heterocycles. The van der Waals surface area contributed by atoms with Crippen LogP contribution in [0.3, 0.4) is 0 Å². The zero-order chi connectivity index (χ0) is 21.6. The topological polar surface area (TPSA) is 103 Å². The summed E-state index contributed by atoms with van der Waals surface area (Å²) in [6.45, 7) is 3.38. The molecular weight excluding hydrogens is 390 g/mol. The molecule has 1 aromatic carbocycles. The summed E-state index contributed by atoms with van der Waals surface area (Å²) < 4.78 is 22.4. The van der Waals surface area contributed by atoms with Crippen molar-refractivity contribution in [1.29, 1.82) is 0 Å². The van der Waals surface area contributed by atoms with E-state index in [-0.39, 0.29) is 11.8 Å². The van der Waals surface area contributed by atoms with Crippen molar-refractivity contribution in [3.8, 4) is 11.5 Å². The number of ether oxygens (including phenoxy) is 4. The third-order valence-corrected chi connectivity index (χ3v) is 6.40. The molecule has 2 N–H and O–H groups in total. The first kappa shape index (κ1) is 20.5. The van der Waals surface area contributed by atoms with Crippen LogP contribution in [0.25, 0.3) is 0 Å². The van der Waals surface area contributed by atoms with Gasteiger partial charge in [-0.25, -0.2) is 0 Å². The Morgan fingerprint density at radius 2 is 1.87 bits per heavy atom. The normalized spacial score (nSPS) is 29.4. The van der Waals surface area contributed by atoms with Crippen LogP contribution in [0.5, 0.6) is 11.5 Å². The van der Waals surface area contributed by atoms with Gasteiger partial charge >= 0.3 is 11.9 Å². The van der Waals surface area contributed by atoms with Crippen molar-refractivity contribution in [2.75, 3.05) is 20.8 Å². The van der Waals surface area contributed by atoms with E-state index in [0.717, 1.165) is 23.2 Å². The monoisotopic (exact) mass is 417 g/mol. The minimum absolute atomic E-state index is 0.0367. The number of hydrogen-bond donors (Lipinski definition) is 2. The van der Waals surface area contributed by atoms with Crippen LogP contribution in [0.2, 0.25) is 0 Å². The number of hydrogen-bond acceptors (Lipinski definition) is 8. The molecule has 1 aliphatic heterocycles. The van der Waals surface area contributed by atoms with Gasteiger partial charge in [-0.2, -0.15) is 0 Å². The summed E-state index contributed by atoms with van der Waals surface area (Å²) in [7, 11) is 3.04. The molecule has 8 nitrogen and oxygen atoms in total. The highest BCUT2D eigenvalue weighted by Crippen LogP contribution is 2.58. The highest BCUT2D eigenvalue weighted by Gasteiger charge is 2.58. The maximum absolute atomic E-state index is 11.9. The number of esters is 2. The Morgan fingerprint density at radius 3 is 2.50 bits per heavy atom. The molecule has 1 fully saturated rings. The molecule has 4 atom stereocenters. The maximum atomic E-state index is 11.9. The lowest BCUT2D eigenvalue weighted by molar-refractivity contribution is -0.168. The van der Waals surface area contributed by atoms with Gasteiger partial charge in [0, 0.05) is 37.3 Å². The smallest absolute Gasteiger partial charge is 0.303 e. The van der Waals surface area contributed by atoms with Crippen LogP contribution >= 0.6 is 0 Å². The minimum atomic E-state index is -0.837. The SMILES string of the molecule is COC1=C2[C@H]3Cc4ccc(OC)c(O)c4[C@@]2(CCN3)C[C@H](OC(C)=O)[C@@H]1OC(C)=O. The molecule has 30 heavy (non-hydrogen) atoms. The molecule has 3 aliphatic rings. The lowest BCUT2D eigenvalue weighted by Gasteiger charge is -2.54. The Balaban J connectivity index is 1.98. The fraction of sp³-hybridized carbons (Fsp3) is 0.545. The van der Waals surface area contributed by atoms with Gasteiger partial charge in [0.05, 0.1) is 14.2 Å². The Hall–Kier alpha value is -2.74. The average molecular weight is 417 g/mol. The number of nitrogens with one attached hydrogen (secondary N) is 1. The summed E-state index contributed by atoms with van der Waals surface area (Å²) >= 11 is 0. The van der Waals surface area contributed by atoms with Gasteiger partial charge in [0.25, 0.3) is 0 Å². The van der Waals surface area contributed by atoms with Gasteiger partial charge in [0.15, 0.2) is 17.6 Å². The fourth-order valence-electron chi connectivity index (χ4n) is 5.51. The summed E-state index contributed by atoms with van der Waals surface area (Å²) in [5.74, 6) is 0.0130. The van der Waals surface area contributed by atoms with E-state index >= 15 is 0 Å². The van der Waals surface area contributed by atoms with Crippen LogP contribution in [-0.2, 0) is 35.6 Å². The molecule has 0 aromatic heterocycles. The first-order chi connectivity index (χ1) is 14.3. The van der Waals surface area contributed by atoms with Crippen molar-refractivity contribution in [2.45, 2.75) is 56.8 Å². The predicted molar refractivity (Wildman–Crippen MR) is 106 cm³/mol. The van der Waals surface area contributed by atoms with Crippen molar-refractivity contribution in [3.63, 3.8) is 0 Å². The molecule has 0 amide bonds. The molecule has 2 bridgehead atoms. The van der Waals surface area contributed by atoms with Crippen LogP contribution < -0.4 is 10.1 Å². The van der Waals surface area contributed by atoms with Crippen molar-refractivity contribution < 1.29 is 33.6 Å². The van der Waals surface area contributed by atoms with E-state index in [9.17, 15) is 14.7 Å². The quantitative estimate of drug-likeness (QED) is 0.714. The molecular formula is C22H27NO7. The molecule has 4 rings (SSSR count). The summed E-state index contributed by atoms with van der Waals surface area (Å²) in [5, 5.41) is 14.6. The van der Waals surface area contributed by atoms with Crippen molar-refractivity contribution in [3.05, 3.63) is 34.6 Å². The first-order valence-corrected chi connectivity index (χ1v) is 10.1. The van der Waals surface area contributed by atoms with E-state index in [2.05, 4.69) is 5.32 Å². The largest absolute Gasteiger partial charge is 0.504 e. The third kappa shape index (κ3) is 3.01. The summed E-state index contributed by atoms with van der Waals surface area (Å²) in [4.78, 5) is 23.7. The first-order valence-electron chi connectivity index (χ1n) is 10.1. The number of methoxy groups -OCH3 is 2. The van der Waals surface area contributed by atoms with E-state index in [1.165, 1.54) is 28.1 Å². The molecule has 0 unspecified atom stereocenters. The Morgan fingerprint density at radius 1 is 1.13 bits per heavy atom. The second-order valence-electron chi connectivity index (χ2n) is 8.06. The van der Waals surface area contributed by atoms with E-state index < -0.39 is 29.6 Å². The Kier molecular flexibility index (Phi) is 5.13. The van der Waals surface area contributed by atoms with Crippen LogP contribution in [-0.4, -0.2) is 56.1 Å². The van der Waals surface area contributed by atoms with Crippen molar-refractivity contribution in [1.82, 2.24) is 5.32 Å². The number of carbonyl (C=O) groups is 2. The lowest BCUT2D eigenvalue weighted by Crippen LogP contribution is -2.60. The van der Waals surface area contributed by atoms with Crippen LogP contribution in [0.15, 0.2) is 23.5 Å².